The SMILES string of the molecule is CCc1ccc(OCC(CBr)C(C)(C)C)cc1. The highest BCUT2D eigenvalue weighted by Crippen LogP contribution is 2.28. The largest absolute Gasteiger partial charge is 0.493 e. The Kier molecular flexibility index (Phi) is 5.51. The number of rotatable bonds is 5. The van der Waals surface area contributed by atoms with Crippen molar-refractivity contribution in [2.24, 2.45) is 11.3 Å². The van der Waals surface area contributed by atoms with Crippen molar-refractivity contribution in [2.45, 2.75) is 34.1 Å². The summed E-state index contributed by atoms with van der Waals surface area (Å²) >= 11 is 3.57. The van der Waals surface area contributed by atoms with Gasteiger partial charge in [0.05, 0.1) is 6.61 Å². The van der Waals surface area contributed by atoms with Gasteiger partial charge in [-0.15, -0.1) is 0 Å². The highest BCUT2D eigenvalue weighted by Gasteiger charge is 2.24. The molecule has 0 amide bonds. The highest BCUT2D eigenvalue weighted by atomic mass is 79.9. The molecule has 2 heteroatoms. The van der Waals surface area contributed by atoms with Crippen molar-refractivity contribution in [3.63, 3.8) is 0 Å². The van der Waals surface area contributed by atoms with E-state index in [0.29, 0.717) is 5.92 Å². The van der Waals surface area contributed by atoms with E-state index in [-0.39, 0.29) is 5.41 Å². The maximum absolute atomic E-state index is 5.86. The first-order valence-electron chi connectivity index (χ1n) is 6.25. The van der Waals surface area contributed by atoms with Crippen LogP contribution in [0.1, 0.15) is 33.3 Å². The zero-order chi connectivity index (χ0) is 12.9. The Morgan fingerprint density at radius 3 is 2.18 bits per heavy atom. The molecule has 0 N–H and O–H groups in total. The lowest BCUT2D eigenvalue weighted by molar-refractivity contribution is 0.166. The predicted molar refractivity (Wildman–Crippen MR) is 78.1 cm³/mol. The summed E-state index contributed by atoms with van der Waals surface area (Å²) in [4.78, 5) is 0. The minimum atomic E-state index is 0.271. The Morgan fingerprint density at radius 1 is 1.18 bits per heavy atom. The van der Waals surface area contributed by atoms with Gasteiger partial charge in [0, 0.05) is 11.2 Å². The normalized spacial score (nSPS) is 13.5. The number of benzene rings is 1. The molecule has 1 nitrogen and oxygen atoms in total. The number of hydrogen-bond acceptors (Lipinski definition) is 1. The minimum absolute atomic E-state index is 0.271. The van der Waals surface area contributed by atoms with Crippen molar-refractivity contribution >= 4 is 15.9 Å². The van der Waals surface area contributed by atoms with Gasteiger partial charge in [0.15, 0.2) is 0 Å². The zero-order valence-electron chi connectivity index (χ0n) is 11.3. The van der Waals surface area contributed by atoms with Gasteiger partial charge in [-0.3, -0.25) is 0 Å². The van der Waals surface area contributed by atoms with Crippen LogP contribution in [0.5, 0.6) is 5.75 Å². The van der Waals surface area contributed by atoms with Crippen molar-refractivity contribution in [2.75, 3.05) is 11.9 Å². The van der Waals surface area contributed by atoms with Crippen LogP contribution < -0.4 is 4.74 Å². The van der Waals surface area contributed by atoms with Gasteiger partial charge in [-0.2, -0.15) is 0 Å². The molecular formula is C15H23BrO. The van der Waals surface area contributed by atoms with Crippen LogP contribution in [0.15, 0.2) is 24.3 Å². The molecule has 0 bridgehead atoms. The van der Waals surface area contributed by atoms with Crippen molar-refractivity contribution in [1.29, 1.82) is 0 Å². The molecule has 1 aromatic carbocycles. The van der Waals surface area contributed by atoms with Gasteiger partial charge in [0.25, 0.3) is 0 Å². The fourth-order valence-corrected chi connectivity index (χ4v) is 2.70. The second-order valence-electron chi connectivity index (χ2n) is 5.53. The predicted octanol–water partition coefficient (Wildman–Crippen LogP) is 4.69. The Hall–Kier alpha value is -0.500. The van der Waals surface area contributed by atoms with Crippen molar-refractivity contribution in [1.82, 2.24) is 0 Å². The second kappa shape index (κ2) is 6.44. The van der Waals surface area contributed by atoms with Crippen LogP contribution in [0.25, 0.3) is 0 Å². The van der Waals surface area contributed by atoms with Gasteiger partial charge < -0.3 is 4.74 Å². The third-order valence-corrected chi connectivity index (χ3v) is 3.98. The van der Waals surface area contributed by atoms with E-state index in [4.69, 9.17) is 4.74 Å². The molecule has 1 rings (SSSR count). The van der Waals surface area contributed by atoms with Gasteiger partial charge in [-0.1, -0.05) is 55.8 Å². The lowest BCUT2D eigenvalue weighted by atomic mass is 9.83. The van der Waals surface area contributed by atoms with E-state index >= 15 is 0 Å². The van der Waals surface area contributed by atoms with Crippen LogP contribution in [0.3, 0.4) is 0 Å². The number of aryl methyl sites for hydroxylation is 1. The Bertz CT molecular complexity index is 324. The van der Waals surface area contributed by atoms with Crippen LogP contribution in [0, 0.1) is 11.3 Å². The molecule has 17 heavy (non-hydrogen) atoms. The van der Waals surface area contributed by atoms with Crippen molar-refractivity contribution in [3.8, 4) is 5.75 Å². The van der Waals surface area contributed by atoms with Crippen LogP contribution in [-0.4, -0.2) is 11.9 Å². The third-order valence-electron chi connectivity index (χ3n) is 3.19. The smallest absolute Gasteiger partial charge is 0.119 e. The number of alkyl halides is 1. The summed E-state index contributed by atoms with van der Waals surface area (Å²) in [5.74, 6) is 1.49. The van der Waals surface area contributed by atoms with Crippen molar-refractivity contribution in [3.05, 3.63) is 29.8 Å². The molecule has 0 spiro atoms. The third kappa shape index (κ3) is 4.71. The molecule has 1 aromatic rings. The van der Waals surface area contributed by atoms with Gasteiger partial charge in [-0.05, 0) is 29.5 Å². The van der Waals surface area contributed by atoms with Crippen LogP contribution >= 0.6 is 15.9 Å². The summed E-state index contributed by atoms with van der Waals surface area (Å²) in [6, 6.07) is 8.39. The topological polar surface area (TPSA) is 9.23 Å². The molecule has 0 aliphatic carbocycles. The first-order valence-corrected chi connectivity index (χ1v) is 7.37. The maximum Gasteiger partial charge on any atom is 0.119 e. The van der Waals surface area contributed by atoms with E-state index in [0.717, 1.165) is 24.1 Å². The van der Waals surface area contributed by atoms with Gasteiger partial charge in [0.1, 0.15) is 5.75 Å². The zero-order valence-corrected chi connectivity index (χ0v) is 12.9. The molecule has 1 unspecified atom stereocenters. The quantitative estimate of drug-likeness (QED) is 0.717. The summed E-state index contributed by atoms with van der Waals surface area (Å²) < 4.78 is 5.86. The molecule has 0 aromatic heterocycles. The van der Waals surface area contributed by atoms with Gasteiger partial charge in [0.2, 0.25) is 0 Å². The van der Waals surface area contributed by atoms with Gasteiger partial charge >= 0.3 is 0 Å². The van der Waals surface area contributed by atoms with E-state index in [9.17, 15) is 0 Å². The number of ether oxygens (including phenoxy) is 1. The molecule has 0 heterocycles. The minimum Gasteiger partial charge on any atom is -0.493 e. The van der Waals surface area contributed by atoms with E-state index in [1.807, 2.05) is 0 Å². The molecule has 0 radical (unpaired) electrons. The summed E-state index contributed by atoms with van der Waals surface area (Å²) in [7, 11) is 0. The molecule has 1 atom stereocenters. The monoisotopic (exact) mass is 298 g/mol. The first-order chi connectivity index (χ1) is 7.97. The summed E-state index contributed by atoms with van der Waals surface area (Å²) in [5, 5.41) is 0.976. The molecule has 0 aliphatic rings. The number of halogens is 1. The van der Waals surface area contributed by atoms with E-state index in [2.05, 4.69) is 67.9 Å². The maximum atomic E-state index is 5.86. The second-order valence-corrected chi connectivity index (χ2v) is 6.17. The summed E-state index contributed by atoms with van der Waals surface area (Å²) in [5.41, 5.74) is 1.62. The van der Waals surface area contributed by atoms with Crippen LogP contribution in [-0.2, 0) is 6.42 Å². The Balaban J connectivity index is 2.54. The molecular weight excluding hydrogens is 276 g/mol. The molecule has 0 saturated carbocycles. The Morgan fingerprint density at radius 2 is 1.76 bits per heavy atom. The fraction of sp³-hybridized carbons (Fsp3) is 0.600. The van der Waals surface area contributed by atoms with Gasteiger partial charge in [-0.25, -0.2) is 0 Å². The highest BCUT2D eigenvalue weighted by molar-refractivity contribution is 9.09. The average molecular weight is 299 g/mol. The molecule has 0 aliphatic heterocycles. The fourth-order valence-electron chi connectivity index (χ4n) is 1.54. The summed E-state index contributed by atoms with van der Waals surface area (Å²) in [6.45, 7) is 9.68. The van der Waals surface area contributed by atoms with E-state index in [1.165, 1.54) is 5.56 Å². The molecule has 0 fully saturated rings. The average Bonchev–Trinajstić information content (AvgIpc) is 2.29. The van der Waals surface area contributed by atoms with Crippen molar-refractivity contribution < 1.29 is 4.74 Å². The van der Waals surface area contributed by atoms with Crippen LogP contribution in [0.4, 0.5) is 0 Å². The number of hydrogen-bond donors (Lipinski definition) is 0. The van der Waals surface area contributed by atoms with Crippen LogP contribution in [0.2, 0.25) is 0 Å². The Labute approximate surface area is 114 Å². The van der Waals surface area contributed by atoms with E-state index < -0.39 is 0 Å². The lowest BCUT2D eigenvalue weighted by Crippen LogP contribution is -2.27. The summed E-state index contributed by atoms with van der Waals surface area (Å²) in [6.07, 6.45) is 1.08. The molecule has 0 saturated heterocycles. The van der Waals surface area contributed by atoms with E-state index in [1.54, 1.807) is 0 Å². The first kappa shape index (κ1) is 14.6. The lowest BCUT2D eigenvalue weighted by Gasteiger charge is -2.29. The standard InChI is InChI=1S/C15H23BrO/c1-5-12-6-8-14(9-7-12)17-11-13(10-16)15(2,3)4/h6-9,13H,5,10-11H2,1-4H3. The molecule has 96 valence electrons.